The average molecular weight is 215 g/mol. The molecule has 0 saturated carbocycles. The van der Waals surface area contributed by atoms with Gasteiger partial charge in [0.05, 0.1) is 12.3 Å². The van der Waals surface area contributed by atoms with Gasteiger partial charge in [-0.1, -0.05) is 17.7 Å². The summed E-state index contributed by atoms with van der Waals surface area (Å²) < 4.78 is 6.00. The minimum absolute atomic E-state index is 0.175. The van der Waals surface area contributed by atoms with E-state index in [0.717, 1.165) is 18.2 Å². The topological polar surface area (TPSA) is 22.1 Å². The lowest BCUT2D eigenvalue weighted by molar-refractivity contribution is -0.0534. The van der Waals surface area contributed by atoms with Gasteiger partial charge in [-0.3, -0.25) is 4.98 Å². The van der Waals surface area contributed by atoms with Crippen molar-refractivity contribution in [2.45, 2.75) is 25.9 Å². The van der Waals surface area contributed by atoms with E-state index in [4.69, 9.17) is 4.74 Å². The smallest absolute Gasteiger partial charge is 0.106 e. The fraction of sp³-hybridized carbons (Fsp3) is 0.500. The van der Waals surface area contributed by atoms with Crippen LogP contribution in [0.1, 0.15) is 31.6 Å². The van der Waals surface area contributed by atoms with Crippen LogP contribution >= 0.6 is 0 Å². The van der Waals surface area contributed by atoms with Gasteiger partial charge in [-0.05, 0) is 37.8 Å². The van der Waals surface area contributed by atoms with Crippen LogP contribution < -0.4 is 0 Å². The van der Waals surface area contributed by atoms with E-state index in [-0.39, 0.29) is 6.10 Å². The molecule has 84 valence electrons. The molecule has 3 atom stereocenters. The van der Waals surface area contributed by atoms with Crippen LogP contribution in [-0.2, 0) is 4.74 Å². The Bertz CT molecular complexity index is 398. The van der Waals surface area contributed by atoms with Crippen molar-refractivity contribution in [3.05, 3.63) is 41.7 Å². The molecule has 0 spiro atoms. The van der Waals surface area contributed by atoms with E-state index < -0.39 is 0 Å². The van der Waals surface area contributed by atoms with Crippen LogP contribution in [0.15, 0.2) is 36.0 Å². The van der Waals surface area contributed by atoms with Crippen molar-refractivity contribution >= 4 is 0 Å². The fourth-order valence-corrected chi connectivity index (χ4v) is 2.84. The minimum atomic E-state index is 0.175. The standard InChI is InChI=1S/C14H17NO/c1-10-5-6-11-8-12(10)14(16-9-11)13-4-2-3-7-15-13/h2-5,7,11-12,14H,6,8-9H2,1H3/t11-,12-,14-/m1/s1. The highest BCUT2D eigenvalue weighted by atomic mass is 16.5. The molecule has 0 amide bonds. The van der Waals surface area contributed by atoms with Crippen LogP contribution in [0.2, 0.25) is 0 Å². The third-order valence-electron chi connectivity index (χ3n) is 3.80. The molecule has 16 heavy (non-hydrogen) atoms. The summed E-state index contributed by atoms with van der Waals surface area (Å²) in [6, 6.07) is 6.07. The van der Waals surface area contributed by atoms with E-state index in [1.807, 2.05) is 18.3 Å². The van der Waals surface area contributed by atoms with Gasteiger partial charge in [0, 0.05) is 12.1 Å². The van der Waals surface area contributed by atoms with E-state index in [1.54, 1.807) is 0 Å². The number of hydrogen-bond donors (Lipinski definition) is 0. The molecule has 1 aliphatic heterocycles. The van der Waals surface area contributed by atoms with Crippen LogP contribution in [0, 0.1) is 11.8 Å². The van der Waals surface area contributed by atoms with E-state index in [2.05, 4.69) is 24.1 Å². The first kappa shape index (κ1) is 10.0. The zero-order valence-corrected chi connectivity index (χ0v) is 9.60. The summed E-state index contributed by atoms with van der Waals surface area (Å²) in [5.41, 5.74) is 2.56. The molecule has 0 radical (unpaired) electrons. The first-order valence-corrected chi connectivity index (χ1v) is 6.04. The van der Waals surface area contributed by atoms with Gasteiger partial charge in [0.1, 0.15) is 6.10 Å². The predicted molar refractivity (Wildman–Crippen MR) is 62.9 cm³/mol. The zero-order chi connectivity index (χ0) is 11.0. The number of allylic oxidation sites excluding steroid dienone is 1. The fourth-order valence-electron chi connectivity index (χ4n) is 2.84. The molecule has 1 aliphatic carbocycles. The van der Waals surface area contributed by atoms with E-state index in [1.165, 1.54) is 18.4 Å². The number of rotatable bonds is 1. The quantitative estimate of drug-likeness (QED) is 0.671. The van der Waals surface area contributed by atoms with Crippen LogP contribution in [0.3, 0.4) is 0 Å². The maximum atomic E-state index is 6.00. The Labute approximate surface area is 96.3 Å². The molecule has 0 unspecified atom stereocenters. The molecule has 1 saturated heterocycles. The molecular weight excluding hydrogens is 198 g/mol. The second-order valence-corrected chi connectivity index (χ2v) is 4.90. The molecule has 1 aromatic heterocycles. The van der Waals surface area contributed by atoms with Gasteiger partial charge in [0.2, 0.25) is 0 Å². The van der Waals surface area contributed by atoms with Gasteiger partial charge >= 0.3 is 0 Å². The molecule has 2 heterocycles. The van der Waals surface area contributed by atoms with Gasteiger partial charge in [0.15, 0.2) is 0 Å². The Morgan fingerprint density at radius 1 is 1.38 bits per heavy atom. The average Bonchev–Trinajstić information content (AvgIpc) is 2.36. The third kappa shape index (κ3) is 1.67. The Balaban J connectivity index is 1.91. The maximum absolute atomic E-state index is 6.00. The number of pyridine rings is 1. The second-order valence-electron chi connectivity index (χ2n) is 4.90. The Kier molecular flexibility index (Phi) is 2.52. The lowest BCUT2D eigenvalue weighted by Crippen LogP contribution is -2.32. The summed E-state index contributed by atoms with van der Waals surface area (Å²) >= 11 is 0. The monoisotopic (exact) mass is 215 g/mol. The van der Waals surface area contributed by atoms with Crippen LogP contribution in [0.5, 0.6) is 0 Å². The van der Waals surface area contributed by atoms with E-state index >= 15 is 0 Å². The minimum Gasteiger partial charge on any atom is -0.371 e. The third-order valence-corrected chi connectivity index (χ3v) is 3.80. The van der Waals surface area contributed by atoms with Gasteiger partial charge in [-0.15, -0.1) is 0 Å². The van der Waals surface area contributed by atoms with Crippen LogP contribution in [0.4, 0.5) is 0 Å². The van der Waals surface area contributed by atoms with E-state index in [0.29, 0.717) is 5.92 Å². The summed E-state index contributed by atoms with van der Waals surface area (Å²) in [5, 5.41) is 0. The van der Waals surface area contributed by atoms with Gasteiger partial charge in [-0.2, -0.15) is 0 Å². The summed E-state index contributed by atoms with van der Waals surface area (Å²) in [4.78, 5) is 4.43. The molecule has 2 nitrogen and oxygen atoms in total. The van der Waals surface area contributed by atoms with E-state index in [9.17, 15) is 0 Å². The highest BCUT2D eigenvalue weighted by molar-refractivity contribution is 5.18. The summed E-state index contributed by atoms with van der Waals surface area (Å²) in [7, 11) is 0. The Hall–Kier alpha value is -1.15. The second kappa shape index (κ2) is 4.02. The first-order chi connectivity index (χ1) is 7.84. The predicted octanol–water partition coefficient (Wildman–Crippen LogP) is 3.13. The van der Waals surface area contributed by atoms with Crippen LogP contribution in [-0.4, -0.2) is 11.6 Å². The lowest BCUT2D eigenvalue weighted by Gasteiger charge is -2.39. The highest BCUT2D eigenvalue weighted by Gasteiger charge is 2.35. The molecule has 2 aliphatic rings. The Morgan fingerprint density at radius 2 is 2.31 bits per heavy atom. The first-order valence-electron chi connectivity index (χ1n) is 6.04. The van der Waals surface area contributed by atoms with Crippen molar-refractivity contribution in [1.82, 2.24) is 4.98 Å². The Morgan fingerprint density at radius 3 is 3.12 bits per heavy atom. The number of ether oxygens (including phenoxy) is 1. The zero-order valence-electron chi connectivity index (χ0n) is 9.60. The molecule has 1 fully saturated rings. The molecule has 2 bridgehead atoms. The lowest BCUT2D eigenvalue weighted by atomic mass is 9.76. The van der Waals surface area contributed by atoms with Crippen molar-refractivity contribution in [1.29, 1.82) is 0 Å². The highest BCUT2D eigenvalue weighted by Crippen LogP contribution is 2.43. The molecular formula is C14H17NO. The molecule has 1 aromatic rings. The van der Waals surface area contributed by atoms with Crippen molar-refractivity contribution in [3.63, 3.8) is 0 Å². The van der Waals surface area contributed by atoms with Gasteiger partial charge in [0.25, 0.3) is 0 Å². The molecule has 3 rings (SSSR count). The van der Waals surface area contributed by atoms with Crippen molar-refractivity contribution in [2.75, 3.05) is 6.61 Å². The normalized spacial score (nSPS) is 33.3. The number of fused-ring (bicyclic) bond motifs is 2. The maximum Gasteiger partial charge on any atom is 0.106 e. The van der Waals surface area contributed by atoms with Gasteiger partial charge in [-0.25, -0.2) is 0 Å². The van der Waals surface area contributed by atoms with Crippen molar-refractivity contribution in [2.24, 2.45) is 11.8 Å². The number of nitrogens with zero attached hydrogens (tertiary/aromatic N) is 1. The van der Waals surface area contributed by atoms with Crippen molar-refractivity contribution < 1.29 is 4.74 Å². The number of aromatic nitrogens is 1. The molecule has 0 N–H and O–H groups in total. The largest absolute Gasteiger partial charge is 0.371 e. The molecule has 0 aromatic carbocycles. The summed E-state index contributed by atoms with van der Waals surface area (Å²) in [6.07, 6.45) is 6.87. The summed E-state index contributed by atoms with van der Waals surface area (Å²) in [6.45, 7) is 3.12. The van der Waals surface area contributed by atoms with Gasteiger partial charge < -0.3 is 4.74 Å². The van der Waals surface area contributed by atoms with Crippen molar-refractivity contribution in [3.8, 4) is 0 Å². The molecule has 2 heteroatoms. The van der Waals surface area contributed by atoms with Crippen LogP contribution in [0.25, 0.3) is 0 Å². The summed E-state index contributed by atoms with van der Waals surface area (Å²) in [5.74, 6) is 1.27. The number of hydrogen-bond acceptors (Lipinski definition) is 2. The SMILES string of the molecule is CC1=CC[C@H]2CO[C@@H](c3ccccn3)[C@@H]1C2.